The van der Waals surface area contributed by atoms with E-state index >= 15 is 0 Å². The third-order valence-electron chi connectivity index (χ3n) is 1.44. The van der Waals surface area contributed by atoms with E-state index in [1.54, 1.807) is 0 Å². The van der Waals surface area contributed by atoms with Gasteiger partial charge in [0.15, 0.2) is 0 Å². The van der Waals surface area contributed by atoms with Gasteiger partial charge in [0, 0.05) is 0 Å². The van der Waals surface area contributed by atoms with Gasteiger partial charge in [-0.3, -0.25) is 4.55 Å². The minimum atomic E-state index is -4.82. The molecule has 0 aromatic carbocycles. The fourth-order valence-electron chi connectivity index (χ4n) is 0.663. The van der Waals surface area contributed by atoms with Crippen LogP contribution in [0.2, 0.25) is 0 Å². The Morgan fingerprint density at radius 3 is 1.31 bits per heavy atom. The Hall–Kier alpha value is -1.40. The summed E-state index contributed by atoms with van der Waals surface area (Å²) in [5.74, 6) is 0. The summed E-state index contributed by atoms with van der Waals surface area (Å²) < 4.78 is 26.0. The van der Waals surface area contributed by atoms with Crippen LogP contribution >= 0.6 is 0 Å². The van der Waals surface area contributed by atoms with Crippen LogP contribution in [0, 0.1) is 0 Å². The van der Waals surface area contributed by atoms with E-state index in [0.717, 1.165) is 0 Å². The second-order valence-corrected chi connectivity index (χ2v) is 3.62. The quantitative estimate of drug-likeness (QED) is 0.626. The van der Waals surface area contributed by atoms with Crippen molar-refractivity contribution < 1.29 is 22.9 Å². The Labute approximate surface area is 74.4 Å². The minimum Gasteiger partial charge on any atom is -0.468 e. The maximum absolute atomic E-state index is 9.29. The highest BCUT2D eigenvalue weighted by Crippen LogP contribution is 2.29. The van der Waals surface area contributed by atoms with Gasteiger partial charge in [0.25, 0.3) is 0 Å². The summed E-state index contributed by atoms with van der Waals surface area (Å²) in [6, 6.07) is 8.48. The van der Waals surface area contributed by atoms with Gasteiger partial charge in [-0.1, -0.05) is 24.3 Å². The first-order chi connectivity index (χ1) is 5.91. The van der Waals surface area contributed by atoms with Crippen LogP contribution in [0.4, 0.5) is 4.79 Å². The number of carbonyl (C=O) groups is 1. The maximum Gasteiger partial charge on any atom is 0.449 e. The fraction of sp³-hybridized carbons (Fsp3) is 0. The van der Waals surface area contributed by atoms with E-state index < -0.39 is 15.4 Å². The molecule has 0 spiro atoms. The second-order valence-electron chi connectivity index (χ2n) is 2.32. The second kappa shape index (κ2) is 3.15. The van der Waals surface area contributed by atoms with Crippen molar-refractivity contribution in [2.45, 2.75) is 0 Å². The Morgan fingerprint density at radius 2 is 1.31 bits per heavy atom. The predicted molar refractivity (Wildman–Crippen MR) is 45.0 cm³/mol. The standard InChI is InChI=1S/C6H4.CH2O5S/c1-2-6-4-3-5(1)6;2-1(3)7(4,5)6/h1-4H;(H,2,3)(H,4,5,6). The van der Waals surface area contributed by atoms with Crippen LogP contribution in [0.5, 0.6) is 0 Å². The lowest BCUT2D eigenvalue weighted by molar-refractivity contribution is 0.216. The summed E-state index contributed by atoms with van der Waals surface area (Å²) in [6.45, 7) is 0. The monoisotopic (exact) mass is 202 g/mol. The number of carboxylic acid groups (broad SMARTS) is 1. The van der Waals surface area contributed by atoms with Crippen molar-refractivity contribution in [2.75, 3.05) is 0 Å². The zero-order valence-electron chi connectivity index (χ0n) is 6.34. The summed E-state index contributed by atoms with van der Waals surface area (Å²) in [5.41, 5.74) is 2.85. The molecule has 6 heteroatoms. The van der Waals surface area contributed by atoms with Gasteiger partial charge in [-0.15, -0.1) is 0 Å². The van der Waals surface area contributed by atoms with Crippen molar-refractivity contribution in [3.05, 3.63) is 24.3 Å². The molecule has 0 aromatic heterocycles. The summed E-state index contributed by atoms with van der Waals surface area (Å²) in [6.07, 6.45) is 0. The van der Waals surface area contributed by atoms with Gasteiger partial charge in [-0.2, -0.15) is 8.42 Å². The molecule has 2 aliphatic rings. The van der Waals surface area contributed by atoms with Gasteiger partial charge >= 0.3 is 15.4 Å². The molecule has 0 fully saturated rings. The molecule has 13 heavy (non-hydrogen) atoms. The van der Waals surface area contributed by atoms with Gasteiger partial charge < -0.3 is 5.11 Å². The zero-order valence-corrected chi connectivity index (χ0v) is 7.15. The summed E-state index contributed by atoms with van der Waals surface area (Å²) in [5, 5.41) is 5.18. The maximum atomic E-state index is 9.29. The van der Waals surface area contributed by atoms with Gasteiger partial charge in [-0.25, -0.2) is 4.79 Å². The first-order valence-corrected chi connectivity index (χ1v) is 4.66. The smallest absolute Gasteiger partial charge is 0.449 e. The number of fused-ring (bicyclic) bond motifs is 1. The van der Waals surface area contributed by atoms with Crippen LogP contribution in [-0.4, -0.2) is 23.4 Å². The summed E-state index contributed by atoms with van der Waals surface area (Å²) >= 11 is 0. The van der Waals surface area contributed by atoms with Crippen molar-refractivity contribution in [1.29, 1.82) is 0 Å². The zero-order chi connectivity index (χ0) is 10.1. The number of rotatable bonds is 0. The number of hydrogen-bond acceptors (Lipinski definition) is 3. The molecule has 0 saturated carbocycles. The molecule has 70 valence electrons. The van der Waals surface area contributed by atoms with Crippen molar-refractivity contribution in [3.63, 3.8) is 0 Å². The molecular formula is C7H6O5S. The molecular weight excluding hydrogens is 196 g/mol. The summed E-state index contributed by atoms with van der Waals surface area (Å²) in [7, 11) is -4.82. The molecule has 2 N–H and O–H groups in total. The molecule has 0 unspecified atom stereocenters. The highest BCUT2D eigenvalue weighted by Gasteiger charge is 2.14. The molecule has 5 nitrogen and oxygen atoms in total. The van der Waals surface area contributed by atoms with E-state index in [9.17, 15) is 13.2 Å². The molecule has 0 aromatic rings. The Balaban J connectivity index is 0.000000130. The largest absolute Gasteiger partial charge is 0.468 e. The van der Waals surface area contributed by atoms with Gasteiger partial charge in [-0.05, 0) is 11.1 Å². The van der Waals surface area contributed by atoms with Crippen LogP contribution in [0.15, 0.2) is 24.3 Å². The highest BCUT2D eigenvalue weighted by atomic mass is 32.2. The van der Waals surface area contributed by atoms with Crippen molar-refractivity contribution in [3.8, 4) is 11.1 Å². The topological polar surface area (TPSA) is 91.7 Å². The molecule has 0 aliphatic heterocycles. The number of hydrogen-bond donors (Lipinski definition) is 2. The van der Waals surface area contributed by atoms with Crippen LogP contribution in [0.25, 0.3) is 11.1 Å². The molecule has 0 amide bonds. The van der Waals surface area contributed by atoms with E-state index in [-0.39, 0.29) is 0 Å². The van der Waals surface area contributed by atoms with Crippen molar-refractivity contribution in [1.82, 2.24) is 0 Å². The van der Waals surface area contributed by atoms with E-state index in [1.165, 1.54) is 11.1 Å². The Morgan fingerprint density at radius 1 is 1.08 bits per heavy atom. The van der Waals surface area contributed by atoms with E-state index in [1.807, 2.05) is 0 Å². The van der Waals surface area contributed by atoms with E-state index in [4.69, 9.17) is 9.66 Å². The molecule has 0 atom stereocenters. The molecule has 2 aliphatic carbocycles. The molecule has 0 heterocycles. The highest BCUT2D eigenvalue weighted by molar-refractivity contribution is 8.00. The van der Waals surface area contributed by atoms with Crippen LogP contribution in [-0.2, 0) is 10.1 Å². The average molecular weight is 202 g/mol. The first kappa shape index (κ1) is 9.69. The van der Waals surface area contributed by atoms with E-state index in [0.29, 0.717) is 0 Å². The van der Waals surface area contributed by atoms with Crippen molar-refractivity contribution in [2.24, 2.45) is 0 Å². The fourth-order valence-corrected chi connectivity index (χ4v) is 0.663. The van der Waals surface area contributed by atoms with Crippen LogP contribution < -0.4 is 0 Å². The van der Waals surface area contributed by atoms with Crippen molar-refractivity contribution >= 4 is 15.4 Å². The average Bonchev–Trinajstić information content (AvgIpc) is 1.96. The normalized spacial score (nSPS) is 11.2. The summed E-state index contributed by atoms with van der Waals surface area (Å²) in [4.78, 5) is 9.18. The first-order valence-electron chi connectivity index (χ1n) is 3.22. The third-order valence-corrected chi connectivity index (χ3v) is 1.88. The number of benzene rings is 1. The lowest BCUT2D eigenvalue weighted by Gasteiger charge is -2.10. The molecule has 0 saturated heterocycles. The third kappa shape index (κ3) is 2.27. The van der Waals surface area contributed by atoms with Crippen LogP contribution in [0.1, 0.15) is 0 Å². The minimum absolute atomic E-state index is 1.43. The molecule has 2 rings (SSSR count). The van der Waals surface area contributed by atoms with E-state index in [2.05, 4.69) is 24.3 Å². The lowest BCUT2D eigenvalue weighted by atomic mass is 9.95. The Bertz CT molecular complexity index is 396. The molecule has 0 bridgehead atoms. The van der Waals surface area contributed by atoms with Gasteiger partial charge in [0.2, 0.25) is 0 Å². The van der Waals surface area contributed by atoms with Gasteiger partial charge in [0.05, 0.1) is 0 Å². The molecule has 0 radical (unpaired) electrons. The Kier molecular flexibility index (Phi) is 2.35. The van der Waals surface area contributed by atoms with Gasteiger partial charge in [0.1, 0.15) is 0 Å². The van der Waals surface area contributed by atoms with Crippen LogP contribution in [0.3, 0.4) is 0 Å². The lowest BCUT2D eigenvalue weighted by Crippen LogP contribution is -2.08. The SMILES string of the molecule is O=C(O)S(=O)(=O)O.c1cc2ccc1-2. The predicted octanol–water partition coefficient (Wildman–Crippen LogP) is 1.22.